The number of urea groups is 1. The first kappa shape index (κ1) is 15.3. The van der Waals surface area contributed by atoms with Crippen molar-refractivity contribution in [3.63, 3.8) is 0 Å². The van der Waals surface area contributed by atoms with Gasteiger partial charge in [0, 0.05) is 18.3 Å². The highest BCUT2D eigenvalue weighted by Gasteiger charge is 2.51. The second-order valence-corrected chi connectivity index (χ2v) is 8.19. The van der Waals surface area contributed by atoms with Crippen molar-refractivity contribution < 1.29 is 4.79 Å². The number of aromatic nitrogens is 2. The average molecular weight is 337 g/mol. The Morgan fingerprint density at radius 3 is 2.43 bits per heavy atom. The lowest BCUT2D eigenvalue weighted by Gasteiger charge is -2.56. The van der Waals surface area contributed by atoms with Gasteiger partial charge in [-0.15, -0.1) is 0 Å². The SMILES string of the molecule is CCn1cc(Cl)c(CNC(=O)NC23CC4CC(CC(C4)C2)C3)n1. The summed E-state index contributed by atoms with van der Waals surface area (Å²) in [5.74, 6) is 2.49. The first-order valence-corrected chi connectivity index (χ1v) is 9.21. The second-order valence-electron chi connectivity index (χ2n) is 7.78. The molecule has 2 amide bonds. The van der Waals surface area contributed by atoms with Gasteiger partial charge >= 0.3 is 6.03 Å². The fourth-order valence-corrected chi connectivity index (χ4v) is 5.65. The van der Waals surface area contributed by atoms with Crippen molar-refractivity contribution in [3.8, 4) is 0 Å². The lowest BCUT2D eigenvalue weighted by atomic mass is 9.53. The van der Waals surface area contributed by atoms with Crippen molar-refractivity contribution in [3.05, 3.63) is 16.9 Å². The van der Waals surface area contributed by atoms with E-state index in [0.29, 0.717) is 11.6 Å². The first-order valence-electron chi connectivity index (χ1n) is 8.83. The second kappa shape index (κ2) is 5.69. The molecule has 4 aliphatic carbocycles. The fourth-order valence-electron chi connectivity index (χ4n) is 5.43. The Labute approximate surface area is 142 Å². The van der Waals surface area contributed by atoms with Crippen LogP contribution in [-0.4, -0.2) is 21.4 Å². The maximum Gasteiger partial charge on any atom is 0.315 e. The predicted octanol–water partition coefficient (Wildman–Crippen LogP) is 3.32. The summed E-state index contributed by atoms with van der Waals surface area (Å²) in [6.45, 7) is 3.17. The third-order valence-corrected chi connectivity index (χ3v) is 6.26. The van der Waals surface area contributed by atoms with Gasteiger partial charge in [0.05, 0.1) is 11.6 Å². The van der Waals surface area contributed by atoms with Gasteiger partial charge in [-0.25, -0.2) is 4.79 Å². The highest BCUT2D eigenvalue weighted by atomic mass is 35.5. The smallest absolute Gasteiger partial charge is 0.315 e. The molecule has 0 atom stereocenters. The van der Waals surface area contributed by atoms with E-state index in [-0.39, 0.29) is 11.6 Å². The zero-order valence-electron chi connectivity index (χ0n) is 13.6. The van der Waals surface area contributed by atoms with Crippen molar-refractivity contribution in [2.75, 3.05) is 0 Å². The van der Waals surface area contributed by atoms with Gasteiger partial charge in [-0.1, -0.05) is 11.6 Å². The first-order chi connectivity index (χ1) is 11.0. The van der Waals surface area contributed by atoms with Crippen LogP contribution in [0, 0.1) is 17.8 Å². The van der Waals surface area contributed by atoms with Crippen LogP contribution in [0.4, 0.5) is 4.79 Å². The number of amides is 2. The van der Waals surface area contributed by atoms with E-state index in [0.717, 1.165) is 30.0 Å². The van der Waals surface area contributed by atoms with Crippen LogP contribution in [0.15, 0.2) is 6.20 Å². The molecular weight excluding hydrogens is 312 g/mol. The summed E-state index contributed by atoms with van der Waals surface area (Å²) in [7, 11) is 0. The molecule has 0 spiro atoms. The summed E-state index contributed by atoms with van der Waals surface area (Å²) >= 11 is 6.15. The minimum atomic E-state index is -0.0749. The van der Waals surface area contributed by atoms with E-state index in [4.69, 9.17) is 11.6 Å². The molecule has 4 aliphatic rings. The average Bonchev–Trinajstić information content (AvgIpc) is 2.83. The maximum atomic E-state index is 12.4. The van der Waals surface area contributed by atoms with Crippen molar-refractivity contribution in [1.82, 2.24) is 20.4 Å². The van der Waals surface area contributed by atoms with Crippen molar-refractivity contribution in [2.45, 2.75) is 64.1 Å². The number of carbonyl (C=O) groups is 1. The third kappa shape index (κ3) is 2.95. The quantitative estimate of drug-likeness (QED) is 0.886. The largest absolute Gasteiger partial charge is 0.333 e. The molecule has 126 valence electrons. The summed E-state index contributed by atoms with van der Waals surface area (Å²) in [5, 5.41) is 11.2. The Hall–Kier alpha value is -1.23. The molecule has 0 radical (unpaired) electrons. The molecule has 5 nitrogen and oxygen atoms in total. The van der Waals surface area contributed by atoms with Crippen LogP contribution in [-0.2, 0) is 13.1 Å². The fraction of sp³-hybridized carbons (Fsp3) is 0.765. The number of hydrogen-bond donors (Lipinski definition) is 2. The molecular formula is C17H25ClN4O. The molecule has 5 rings (SSSR count). The minimum absolute atomic E-state index is 0.0470. The molecule has 0 saturated heterocycles. The summed E-state index contributed by atoms with van der Waals surface area (Å²) in [6, 6.07) is -0.0749. The molecule has 1 aromatic rings. The zero-order chi connectivity index (χ0) is 16.0. The van der Waals surface area contributed by atoms with E-state index >= 15 is 0 Å². The molecule has 0 aliphatic heterocycles. The number of nitrogens with one attached hydrogen (secondary N) is 2. The molecule has 6 heteroatoms. The molecule has 2 N–H and O–H groups in total. The van der Waals surface area contributed by atoms with Gasteiger partial charge in [-0.3, -0.25) is 4.68 Å². The van der Waals surface area contributed by atoms with Crippen molar-refractivity contribution >= 4 is 17.6 Å². The van der Waals surface area contributed by atoms with E-state index in [9.17, 15) is 4.79 Å². The van der Waals surface area contributed by atoms with E-state index in [1.165, 1.54) is 38.5 Å². The molecule has 23 heavy (non-hydrogen) atoms. The van der Waals surface area contributed by atoms with Gasteiger partial charge in [0.1, 0.15) is 5.69 Å². The summed E-state index contributed by atoms with van der Waals surface area (Å²) in [5.41, 5.74) is 0.778. The van der Waals surface area contributed by atoms with Gasteiger partial charge in [0.15, 0.2) is 0 Å². The number of carbonyl (C=O) groups excluding carboxylic acids is 1. The number of halogens is 1. The Morgan fingerprint density at radius 1 is 1.30 bits per heavy atom. The van der Waals surface area contributed by atoms with Crippen LogP contribution >= 0.6 is 11.6 Å². The van der Waals surface area contributed by atoms with Gasteiger partial charge in [-0.05, 0) is 63.2 Å². The van der Waals surface area contributed by atoms with E-state index < -0.39 is 0 Å². The standard InChI is InChI=1S/C17H25ClN4O/c1-2-22-10-14(18)15(21-22)9-19-16(23)20-17-6-11-3-12(7-17)5-13(4-11)8-17/h10-13H,2-9H2,1H3,(H2,19,20,23). The number of aryl methyl sites for hydroxylation is 1. The molecule has 0 unspecified atom stereocenters. The predicted molar refractivity (Wildman–Crippen MR) is 89.2 cm³/mol. The Morgan fingerprint density at radius 2 is 1.91 bits per heavy atom. The van der Waals surface area contributed by atoms with Gasteiger partial charge in [0.25, 0.3) is 0 Å². The molecule has 4 fully saturated rings. The summed E-state index contributed by atoms with van der Waals surface area (Å²) in [4.78, 5) is 12.4. The highest BCUT2D eigenvalue weighted by Crippen LogP contribution is 2.55. The van der Waals surface area contributed by atoms with Crippen molar-refractivity contribution in [1.29, 1.82) is 0 Å². The van der Waals surface area contributed by atoms with E-state index in [1.807, 2.05) is 6.92 Å². The Balaban J connectivity index is 1.36. The molecule has 1 heterocycles. The highest BCUT2D eigenvalue weighted by molar-refractivity contribution is 6.31. The van der Waals surface area contributed by atoms with Crippen LogP contribution in [0.5, 0.6) is 0 Å². The number of rotatable bonds is 4. The van der Waals surface area contributed by atoms with Crippen LogP contribution in [0.25, 0.3) is 0 Å². The summed E-state index contributed by atoms with van der Waals surface area (Å²) in [6.07, 6.45) is 9.44. The minimum Gasteiger partial charge on any atom is -0.333 e. The molecule has 4 bridgehead atoms. The number of hydrogen-bond acceptors (Lipinski definition) is 2. The Kier molecular flexibility index (Phi) is 3.79. The van der Waals surface area contributed by atoms with Gasteiger partial charge < -0.3 is 10.6 Å². The number of nitrogens with zero attached hydrogens (tertiary/aromatic N) is 2. The lowest BCUT2D eigenvalue weighted by molar-refractivity contribution is -0.0135. The normalized spacial score (nSPS) is 34.6. The maximum absolute atomic E-state index is 12.4. The topological polar surface area (TPSA) is 59.0 Å². The molecule has 0 aromatic carbocycles. The van der Waals surface area contributed by atoms with E-state index in [1.54, 1.807) is 10.9 Å². The monoisotopic (exact) mass is 336 g/mol. The third-order valence-electron chi connectivity index (χ3n) is 5.94. The van der Waals surface area contributed by atoms with Gasteiger partial charge in [0.2, 0.25) is 0 Å². The van der Waals surface area contributed by atoms with Crippen LogP contribution in [0.2, 0.25) is 5.02 Å². The van der Waals surface area contributed by atoms with Crippen LogP contribution < -0.4 is 10.6 Å². The van der Waals surface area contributed by atoms with E-state index in [2.05, 4.69) is 15.7 Å². The van der Waals surface area contributed by atoms with Gasteiger partial charge in [-0.2, -0.15) is 5.10 Å². The summed E-state index contributed by atoms with van der Waals surface area (Å²) < 4.78 is 1.79. The lowest BCUT2D eigenvalue weighted by Crippen LogP contribution is -2.61. The molecule has 1 aromatic heterocycles. The van der Waals surface area contributed by atoms with Crippen LogP contribution in [0.3, 0.4) is 0 Å². The molecule has 4 saturated carbocycles. The van der Waals surface area contributed by atoms with Crippen LogP contribution in [0.1, 0.15) is 51.1 Å². The Bertz CT molecular complexity index is 576. The zero-order valence-corrected chi connectivity index (χ0v) is 14.4. The van der Waals surface area contributed by atoms with Crippen molar-refractivity contribution in [2.24, 2.45) is 17.8 Å².